The zero-order valence-corrected chi connectivity index (χ0v) is 27.0. The van der Waals surface area contributed by atoms with Crippen molar-refractivity contribution >= 4 is 32.5 Å². The van der Waals surface area contributed by atoms with Crippen molar-refractivity contribution in [1.82, 2.24) is 4.31 Å². The van der Waals surface area contributed by atoms with E-state index in [1.54, 1.807) is 0 Å². The summed E-state index contributed by atoms with van der Waals surface area (Å²) >= 11 is 0. The minimum Gasteiger partial charge on any atom is -0.321 e. The van der Waals surface area contributed by atoms with Crippen LogP contribution in [0.2, 0.25) is 0 Å². The Labute approximate surface area is 264 Å². The Morgan fingerprint density at radius 2 is 1.02 bits per heavy atom. The molecule has 0 aliphatic rings. The summed E-state index contributed by atoms with van der Waals surface area (Å²) in [6, 6.07) is 45.1. The summed E-state index contributed by atoms with van der Waals surface area (Å²) in [5, 5.41) is 4.68. The summed E-state index contributed by atoms with van der Waals surface area (Å²) in [4.78, 5) is 0.826. The standard InChI is InChI=1S/C40H41N2OS/c1-30-21-31(2)23-35(22-30)29-42(3,4)28-33-15-13-32(14-16-33)26-41(27-34-17-18-36-9-5-7-11-38(36)24-34)44(43)40-20-19-37-10-6-8-12-39(37)25-40/h5-25H,26-29H2,1-4H3/q+1. The average Bonchev–Trinajstić information content (AvgIpc) is 3.00. The predicted octanol–water partition coefficient (Wildman–Crippen LogP) is 9.11. The van der Waals surface area contributed by atoms with Crippen LogP contribution < -0.4 is 0 Å². The van der Waals surface area contributed by atoms with Gasteiger partial charge in [0, 0.05) is 24.2 Å². The van der Waals surface area contributed by atoms with Crippen molar-refractivity contribution in [1.29, 1.82) is 0 Å². The Hall–Kier alpha value is -4.09. The van der Waals surface area contributed by atoms with E-state index in [-0.39, 0.29) is 0 Å². The van der Waals surface area contributed by atoms with Crippen LogP contribution >= 0.6 is 0 Å². The van der Waals surface area contributed by atoms with Gasteiger partial charge in [-0.25, -0.2) is 8.51 Å². The van der Waals surface area contributed by atoms with E-state index in [9.17, 15) is 4.21 Å². The molecule has 6 aromatic rings. The molecule has 0 fully saturated rings. The van der Waals surface area contributed by atoms with E-state index in [2.05, 4.69) is 141 Å². The van der Waals surface area contributed by atoms with Crippen LogP contribution in [0, 0.1) is 13.8 Å². The number of nitrogens with zero attached hydrogens (tertiary/aromatic N) is 2. The highest BCUT2D eigenvalue weighted by Gasteiger charge is 2.20. The molecule has 4 heteroatoms. The fraction of sp³-hybridized carbons (Fsp3) is 0.200. The molecule has 44 heavy (non-hydrogen) atoms. The summed E-state index contributed by atoms with van der Waals surface area (Å²) in [5.41, 5.74) is 7.63. The lowest BCUT2D eigenvalue weighted by Crippen LogP contribution is -2.37. The molecule has 0 aromatic heterocycles. The molecule has 0 saturated heterocycles. The van der Waals surface area contributed by atoms with E-state index < -0.39 is 11.0 Å². The van der Waals surface area contributed by atoms with E-state index >= 15 is 0 Å². The maximum atomic E-state index is 14.2. The third-order valence-electron chi connectivity index (χ3n) is 8.21. The average molecular weight is 598 g/mol. The lowest BCUT2D eigenvalue weighted by molar-refractivity contribution is -0.916. The van der Waals surface area contributed by atoms with Gasteiger partial charge in [0.05, 0.1) is 19.0 Å². The molecule has 1 unspecified atom stereocenters. The second-order valence-electron chi connectivity index (χ2n) is 12.8. The van der Waals surface area contributed by atoms with Crippen LogP contribution in [-0.2, 0) is 37.2 Å². The molecule has 3 nitrogen and oxygen atoms in total. The second-order valence-corrected chi connectivity index (χ2v) is 14.3. The summed E-state index contributed by atoms with van der Waals surface area (Å²) in [6.07, 6.45) is 0. The van der Waals surface area contributed by atoms with Crippen molar-refractivity contribution in [3.8, 4) is 0 Å². The van der Waals surface area contributed by atoms with Gasteiger partial charge in [-0.15, -0.1) is 0 Å². The number of rotatable bonds is 10. The van der Waals surface area contributed by atoms with Gasteiger partial charge in [0.1, 0.15) is 24.1 Å². The maximum absolute atomic E-state index is 14.2. The van der Waals surface area contributed by atoms with E-state index in [1.165, 1.54) is 33.0 Å². The van der Waals surface area contributed by atoms with Gasteiger partial charge in [-0.05, 0) is 64.7 Å². The van der Waals surface area contributed by atoms with E-state index in [0.29, 0.717) is 13.1 Å². The zero-order chi connectivity index (χ0) is 30.7. The lowest BCUT2D eigenvalue weighted by Gasteiger charge is -2.30. The van der Waals surface area contributed by atoms with E-state index in [0.717, 1.165) is 44.4 Å². The first-order valence-corrected chi connectivity index (χ1v) is 16.4. The van der Waals surface area contributed by atoms with Gasteiger partial charge in [-0.2, -0.15) is 0 Å². The summed E-state index contributed by atoms with van der Waals surface area (Å²) in [6.45, 7) is 7.45. The molecule has 0 spiro atoms. The Morgan fingerprint density at radius 3 is 1.68 bits per heavy atom. The molecule has 222 valence electrons. The predicted molar refractivity (Wildman–Crippen MR) is 185 cm³/mol. The van der Waals surface area contributed by atoms with Gasteiger partial charge in [0.2, 0.25) is 0 Å². The monoisotopic (exact) mass is 597 g/mol. The van der Waals surface area contributed by atoms with E-state index in [1.807, 2.05) is 18.2 Å². The van der Waals surface area contributed by atoms with E-state index in [4.69, 9.17) is 0 Å². The number of hydrogen-bond donors (Lipinski definition) is 0. The second kappa shape index (κ2) is 12.9. The smallest absolute Gasteiger partial charge is 0.128 e. The molecule has 0 heterocycles. The van der Waals surface area contributed by atoms with Crippen molar-refractivity contribution < 1.29 is 8.69 Å². The normalized spacial score (nSPS) is 12.7. The molecule has 0 amide bonds. The Kier molecular flexibility index (Phi) is 8.76. The quantitative estimate of drug-likeness (QED) is 0.144. The third-order valence-corrected chi connectivity index (χ3v) is 9.60. The van der Waals surface area contributed by atoms with Crippen molar-refractivity contribution in [3.63, 3.8) is 0 Å². The molecule has 0 saturated carbocycles. The minimum atomic E-state index is -1.33. The van der Waals surface area contributed by atoms with Crippen LogP contribution in [0.15, 0.2) is 132 Å². The molecule has 0 aliphatic heterocycles. The number of aryl methyl sites for hydroxylation is 2. The van der Waals surface area contributed by atoms with Crippen molar-refractivity contribution in [2.75, 3.05) is 14.1 Å². The molecule has 1 atom stereocenters. The lowest BCUT2D eigenvalue weighted by atomic mass is 10.1. The van der Waals surface area contributed by atoms with Crippen molar-refractivity contribution in [2.45, 2.75) is 44.9 Å². The number of benzene rings is 6. The molecular formula is C40H41N2OS+. The summed E-state index contributed by atoms with van der Waals surface area (Å²) in [5.74, 6) is 0. The first-order valence-electron chi connectivity index (χ1n) is 15.3. The van der Waals surface area contributed by atoms with Crippen LogP contribution in [0.25, 0.3) is 21.5 Å². The zero-order valence-electron chi connectivity index (χ0n) is 26.2. The molecule has 0 radical (unpaired) electrons. The Morgan fingerprint density at radius 1 is 0.523 bits per heavy atom. The fourth-order valence-electron chi connectivity index (χ4n) is 6.30. The van der Waals surface area contributed by atoms with Crippen LogP contribution in [0.4, 0.5) is 0 Å². The van der Waals surface area contributed by atoms with Crippen LogP contribution in [-0.4, -0.2) is 27.1 Å². The molecule has 6 rings (SSSR count). The topological polar surface area (TPSA) is 20.3 Å². The SMILES string of the molecule is Cc1cc(C)cc(C[N+](C)(C)Cc2ccc(CN(Cc3ccc4ccccc4c3)S(=O)c3ccc4ccccc4c3)cc2)c1. The van der Waals surface area contributed by atoms with Crippen molar-refractivity contribution in [3.05, 3.63) is 161 Å². The maximum Gasteiger partial charge on any atom is 0.128 e. The van der Waals surface area contributed by atoms with Gasteiger partial charge in [0.25, 0.3) is 0 Å². The summed E-state index contributed by atoms with van der Waals surface area (Å²) in [7, 11) is 3.26. The molecule has 0 bridgehead atoms. The molecular weight excluding hydrogens is 557 g/mol. The van der Waals surface area contributed by atoms with Crippen molar-refractivity contribution in [2.24, 2.45) is 0 Å². The summed E-state index contributed by atoms with van der Waals surface area (Å²) < 4.78 is 17.1. The van der Waals surface area contributed by atoms with Crippen LogP contribution in [0.5, 0.6) is 0 Å². The fourth-order valence-corrected chi connectivity index (χ4v) is 7.54. The largest absolute Gasteiger partial charge is 0.321 e. The van der Waals surface area contributed by atoms with Gasteiger partial charge in [-0.3, -0.25) is 0 Å². The highest BCUT2D eigenvalue weighted by Crippen LogP contribution is 2.25. The van der Waals surface area contributed by atoms with Gasteiger partial charge in [0.15, 0.2) is 0 Å². The highest BCUT2D eigenvalue weighted by atomic mass is 32.2. The van der Waals surface area contributed by atoms with Gasteiger partial charge >= 0.3 is 0 Å². The first-order chi connectivity index (χ1) is 21.2. The number of fused-ring (bicyclic) bond motifs is 2. The Balaban J connectivity index is 1.23. The number of hydrogen-bond acceptors (Lipinski definition) is 1. The number of quaternary nitrogens is 1. The Bertz CT molecular complexity index is 1920. The molecule has 0 aliphatic carbocycles. The van der Waals surface area contributed by atoms with Gasteiger partial charge < -0.3 is 4.48 Å². The van der Waals surface area contributed by atoms with Gasteiger partial charge in [-0.1, -0.05) is 120 Å². The van der Waals surface area contributed by atoms with Crippen LogP contribution in [0.1, 0.15) is 33.4 Å². The highest BCUT2D eigenvalue weighted by molar-refractivity contribution is 7.82. The van der Waals surface area contributed by atoms with Crippen LogP contribution in [0.3, 0.4) is 0 Å². The minimum absolute atomic E-state index is 0.589. The third kappa shape index (κ3) is 7.34. The molecule has 6 aromatic carbocycles. The molecule has 0 N–H and O–H groups in total. The first kappa shape index (κ1) is 30.0.